The second-order valence-electron chi connectivity index (χ2n) is 14.0. The molecule has 2 rings (SSSR count). The standard InChI is InChI=1S/C15H28NO6PS2.C15H27NO6S3/c1-11(2)10-25(21,22)8-7-23(19,20)6-5-16-14(17)9-13(15(16)18)24-12(3)4;1-11(2)10-25(21,22)8-7-24(19,20)6-5-16-14(17)9-13(15(16)18)23-12(3)4/h11-13H,5-10H2,1-4H3,(H,19,20);11-13H,5-10H2,1-4H3. The van der Waals surface area contributed by atoms with Gasteiger partial charge in [-0.2, -0.15) is 0 Å². The Labute approximate surface area is 307 Å². The molecular weight excluding hydrogens is 772 g/mol. The Morgan fingerprint density at radius 2 is 1.00 bits per heavy atom. The van der Waals surface area contributed by atoms with Gasteiger partial charge in [0.25, 0.3) is 0 Å². The maximum absolute atomic E-state index is 12.2. The highest BCUT2D eigenvalue weighted by Gasteiger charge is 2.41. The molecule has 2 heterocycles. The summed E-state index contributed by atoms with van der Waals surface area (Å²) >= 11 is 2.80. The number of carbonyl (C=O) groups is 4. The lowest BCUT2D eigenvalue weighted by Gasteiger charge is -2.18. The minimum Gasteiger partial charge on any atom is -0.344 e. The molecule has 0 aromatic heterocycles. The van der Waals surface area contributed by atoms with E-state index in [2.05, 4.69) is 0 Å². The smallest absolute Gasteiger partial charge is 0.242 e. The van der Waals surface area contributed by atoms with Crippen LogP contribution in [-0.4, -0.2) is 145 Å². The van der Waals surface area contributed by atoms with Gasteiger partial charge in [-0.3, -0.25) is 33.5 Å². The highest BCUT2D eigenvalue weighted by Crippen LogP contribution is 2.41. The first-order valence-corrected chi connectivity index (χ1v) is 25.9. The van der Waals surface area contributed by atoms with Crippen LogP contribution in [0.2, 0.25) is 0 Å². The van der Waals surface area contributed by atoms with E-state index < -0.39 is 64.6 Å². The van der Waals surface area contributed by atoms with E-state index in [1.165, 1.54) is 23.5 Å². The van der Waals surface area contributed by atoms with Crippen LogP contribution in [0.1, 0.15) is 68.2 Å². The molecule has 0 spiro atoms. The molecule has 14 nitrogen and oxygen atoms in total. The molecule has 1 N–H and O–H groups in total. The van der Waals surface area contributed by atoms with Crippen molar-refractivity contribution in [2.24, 2.45) is 11.8 Å². The van der Waals surface area contributed by atoms with Gasteiger partial charge in [-0.25, -0.2) is 25.3 Å². The van der Waals surface area contributed by atoms with E-state index in [0.717, 1.165) is 9.80 Å². The van der Waals surface area contributed by atoms with E-state index in [9.17, 15) is 53.9 Å². The fourth-order valence-corrected chi connectivity index (χ4v) is 15.4. The first-order chi connectivity index (χ1) is 22.7. The van der Waals surface area contributed by atoms with Crippen molar-refractivity contribution < 1.29 is 53.9 Å². The van der Waals surface area contributed by atoms with Crippen molar-refractivity contribution in [2.75, 3.05) is 59.9 Å². The third-order valence-electron chi connectivity index (χ3n) is 7.21. The average molecular weight is 827 g/mol. The van der Waals surface area contributed by atoms with Crippen molar-refractivity contribution in [1.82, 2.24) is 9.80 Å². The van der Waals surface area contributed by atoms with Crippen LogP contribution >= 0.6 is 30.9 Å². The topological polar surface area (TPSA) is 214 Å². The zero-order valence-electron chi connectivity index (χ0n) is 30.3. The van der Waals surface area contributed by atoms with E-state index in [1.807, 2.05) is 27.7 Å². The van der Waals surface area contributed by atoms with Gasteiger partial charge in [-0.1, -0.05) is 55.4 Å². The molecule has 2 aliphatic heterocycles. The molecule has 3 unspecified atom stereocenters. The summed E-state index contributed by atoms with van der Waals surface area (Å²) in [6.45, 7) is 14.4. The molecule has 2 fully saturated rings. The highest BCUT2D eigenvalue weighted by atomic mass is 32.2. The van der Waals surface area contributed by atoms with Crippen LogP contribution in [0.15, 0.2) is 0 Å². The summed E-state index contributed by atoms with van der Waals surface area (Å²) in [5.74, 6) is -3.24. The number of sulfone groups is 3. The molecule has 0 saturated carbocycles. The molecule has 0 aliphatic carbocycles. The number of hydrogen-bond acceptors (Lipinski definition) is 13. The Morgan fingerprint density at radius 1 is 0.620 bits per heavy atom. The molecule has 0 aromatic carbocycles. The normalized spacial score (nSPS) is 20.4. The lowest BCUT2D eigenvalue weighted by molar-refractivity contribution is -0.139. The lowest BCUT2D eigenvalue weighted by Crippen LogP contribution is -2.36. The summed E-state index contributed by atoms with van der Waals surface area (Å²) in [4.78, 5) is 60.3. The van der Waals surface area contributed by atoms with Gasteiger partial charge in [0.1, 0.15) is 0 Å². The minimum atomic E-state index is -3.72. The maximum atomic E-state index is 12.2. The summed E-state index contributed by atoms with van der Waals surface area (Å²) in [5, 5.41) is -0.493. The van der Waals surface area contributed by atoms with E-state index >= 15 is 0 Å². The summed E-state index contributed by atoms with van der Waals surface area (Å²) in [6.07, 6.45) is -0.409. The van der Waals surface area contributed by atoms with E-state index in [-0.39, 0.29) is 101 Å². The zero-order chi connectivity index (χ0) is 38.8. The van der Waals surface area contributed by atoms with Gasteiger partial charge in [0.15, 0.2) is 29.5 Å². The second-order valence-corrected chi connectivity index (χ2v) is 26.9. The SMILES string of the molecule is CC(C)CS(=O)(=O)CCP(=O)(O)CCN1C(=O)CC(SC(C)C)C1=O.CC(C)CS(=O)(=O)CCS(=O)(=O)CCN1C(=O)CC(SC(C)C)C1=O. The van der Waals surface area contributed by atoms with Gasteiger partial charge in [0, 0.05) is 38.3 Å². The molecule has 0 bridgehead atoms. The number of carbonyl (C=O) groups excluding carboxylic acids is 4. The lowest BCUT2D eigenvalue weighted by atomic mass is 10.3. The van der Waals surface area contributed by atoms with E-state index in [4.69, 9.17) is 0 Å². The quantitative estimate of drug-likeness (QED) is 0.138. The second kappa shape index (κ2) is 19.9. The molecule has 0 aromatic rings. The number of rotatable bonds is 20. The summed E-state index contributed by atoms with van der Waals surface area (Å²) in [5.41, 5.74) is 0. The molecule has 4 amide bonds. The van der Waals surface area contributed by atoms with Crippen molar-refractivity contribution in [3.05, 3.63) is 0 Å². The maximum Gasteiger partial charge on any atom is 0.242 e. The van der Waals surface area contributed by atoms with Gasteiger partial charge in [0.2, 0.25) is 31.0 Å². The van der Waals surface area contributed by atoms with Gasteiger partial charge >= 0.3 is 0 Å². The molecule has 2 saturated heterocycles. The largest absolute Gasteiger partial charge is 0.344 e. The third-order valence-corrected chi connectivity index (χ3v) is 17.7. The number of amides is 4. The van der Waals surface area contributed by atoms with Crippen LogP contribution in [0.5, 0.6) is 0 Å². The first-order valence-electron chi connectivity index (χ1n) is 16.6. The Hall–Kier alpha value is -0.980. The van der Waals surface area contributed by atoms with Gasteiger partial charge in [-0.15, -0.1) is 23.5 Å². The van der Waals surface area contributed by atoms with Crippen LogP contribution in [0.25, 0.3) is 0 Å². The predicted molar refractivity (Wildman–Crippen MR) is 201 cm³/mol. The first kappa shape index (κ1) is 47.0. The molecular formula is C30H55N2O12PS5. The number of imide groups is 2. The van der Waals surface area contributed by atoms with Crippen molar-refractivity contribution >= 4 is 84.0 Å². The van der Waals surface area contributed by atoms with E-state index in [0.29, 0.717) is 0 Å². The average Bonchev–Trinajstić information content (AvgIpc) is 3.34. The number of likely N-dealkylation sites (tertiary alicyclic amines) is 2. The molecule has 50 heavy (non-hydrogen) atoms. The Bertz CT molecular complexity index is 1580. The summed E-state index contributed by atoms with van der Waals surface area (Å²) in [7, 11) is -14.2. The molecule has 3 atom stereocenters. The zero-order valence-corrected chi connectivity index (χ0v) is 35.2. The van der Waals surface area contributed by atoms with Crippen LogP contribution in [0.4, 0.5) is 0 Å². The fraction of sp³-hybridized carbons (Fsp3) is 0.867. The Balaban J connectivity index is 0.000000500. The van der Waals surface area contributed by atoms with Gasteiger partial charge in [0.05, 0.1) is 45.0 Å². The molecule has 2 aliphatic rings. The van der Waals surface area contributed by atoms with Crippen LogP contribution in [0.3, 0.4) is 0 Å². The molecule has 20 heteroatoms. The minimum absolute atomic E-state index is 0.0236. The number of thioether (sulfide) groups is 2. The van der Waals surface area contributed by atoms with Crippen LogP contribution in [0, 0.1) is 11.8 Å². The molecule has 292 valence electrons. The number of nitrogens with zero attached hydrogens (tertiary/aromatic N) is 2. The van der Waals surface area contributed by atoms with Crippen molar-refractivity contribution in [3.63, 3.8) is 0 Å². The van der Waals surface area contributed by atoms with Crippen molar-refractivity contribution in [3.8, 4) is 0 Å². The van der Waals surface area contributed by atoms with E-state index in [1.54, 1.807) is 27.7 Å². The highest BCUT2D eigenvalue weighted by molar-refractivity contribution is 8.01. The van der Waals surface area contributed by atoms with Crippen LogP contribution < -0.4 is 0 Å². The monoisotopic (exact) mass is 826 g/mol. The van der Waals surface area contributed by atoms with Crippen molar-refractivity contribution in [2.45, 2.75) is 89.2 Å². The summed E-state index contributed by atoms with van der Waals surface area (Å²) in [6, 6.07) is 0. The van der Waals surface area contributed by atoms with Gasteiger partial charge in [-0.05, 0) is 22.3 Å². The summed E-state index contributed by atoms with van der Waals surface area (Å²) < 4.78 is 83.7. The third kappa shape index (κ3) is 17.7. The predicted octanol–water partition coefficient (Wildman–Crippen LogP) is 2.34. The van der Waals surface area contributed by atoms with Gasteiger partial charge < -0.3 is 4.89 Å². The number of hydrogen-bond donors (Lipinski definition) is 1. The van der Waals surface area contributed by atoms with Crippen LogP contribution in [-0.2, 0) is 53.3 Å². The fourth-order valence-electron chi connectivity index (χ4n) is 5.06. The Kier molecular flexibility index (Phi) is 18.7. The Morgan fingerprint density at radius 3 is 1.40 bits per heavy atom. The van der Waals surface area contributed by atoms with Crippen molar-refractivity contribution in [1.29, 1.82) is 0 Å². The molecule has 0 radical (unpaired) electrons.